The first-order valence-corrected chi connectivity index (χ1v) is 9.13. The summed E-state index contributed by atoms with van der Waals surface area (Å²) in [6, 6.07) is 4.79. The molecule has 1 aromatic heterocycles. The molecule has 7 heteroatoms. The summed E-state index contributed by atoms with van der Waals surface area (Å²) in [5.74, 6) is -1.82. The quantitative estimate of drug-likeness (QED) is 0.696. The number of aliphatic carboxylic acids is 1. The Kier molecular flexibility index (Phi) is 7.80. The number of unbranched alkanes of at least 4 members (excludes halogenated alkanes) is 1. The monoisotopic (exact) mass is 385 g/mol. The van der Waals surface area contributed by atoms with Crippen LogP contribution in [0.5, 0.6) is 0 Å². The first-order valence-electron chi connectivity index (χ1n) is 9.13. The van der Waals surface area contributed by atoms with E-state index in [-0.39, 0.29) is 18.2 Å². The zero-order chi connectivity index (χ0) is 20.5. The van der Waals surface area contributed by atoms with E-state index in [1.165, 1.54) is 12.2 Å². The highest BCUT2D eigenvalue weighted by Gasteiger charge is 2.17. The van der Waals surface area contributed by atoms with Gasteiger partial charge >= 0.3 is 5.97 Å². The summed E-state index contributed by atoms with van der Waals surface area (Å²) in [4.78, 5) is 31.5. The summed E-state index contributed by atoms with van der Waals surface area (Å²) < 4.78 is 13.4. The third-order valence-corrected chi connectivity index (χ3v) is 4.29. The highest BCUT2D eigenvalue weighted by atomic mass is 19.1. The van der Waals surface area contributed by atoms with Gasteiger partial charge in [-0.05, 0) is 63.0 Å². The minimum atomic E-state index is -0.840. The second-order valence-corrected chi connectivity index (χ2v) is 6.58. The molecule has 1 unspecified atom stereocenters. The van der Waals surface area contributed by atoms with Gasteiger partial charge in [0.2, 0.25) is 5.91 Å². The van der Waals surface area contributed by atoms with Crippen LogP contribution in [-0.2, 0) is 11.2 Å². The van der Waals surface area contributed by atoms with Crippen molar-refractivity contribution in [3.63, 3.8) is 0 Å². The van der Waals surface area contributed by atoms with Crippen LogP contribution >= 0.6 is 0 Å². The molecule has 2 rings (SSSR count). The molecule has 1 aliphatic carbocycles. The number of hydrogen-bond acceptors (Lipinski definition) is 4. The molecule has 1 heterocycles. The number of allylic oxidation sites excluding steroid dienone is 4. The van der Waals surface area contributed by atoms with Crippen molar-refractivity contribution >= 4 is 11.9 Å². The average molecular weight is 385 g/mol. The van der Waals surface area contributed by atoms with E-state index in [0.717, 1.165) is 0 Å². The van der Waals surface area contributed by atoms with Gasteiger partial charge in [-0.2, -0.15) is 0 Å². The number of aryl methyl sites for hydroxylation is 2. The van der Waals surface area contributed by atoms with Crippen LogP contribution in [0.15, 0.2) is 48.5 Å². The van der Waals surface area contributed by atoms with Crippen molar-refractivity contribution in [2.24, 2.45) is 5.73 Å². The largest absolute Gasteiger partial charge is 0.481 e. The molecule has 0 spiro atoms. The van der Waals surface area contributed by atoms with Gasteiger partial charge in [0.25, 0.3) is 0 Å². The highest BCUT2D eigenvalue weighted by Crippen LogP contribution is 2.27. The molecule has 0 aromatic carbocycles. The molecule has 1 aromatic rings. The Morgan fingerprint density at radius 1 is 1.36 bits per heavy atom. The van der Waals surface area contributed by atoms with Crippen LogP contribution < -0.4 is 5.73 Å². The maximum absolute atomic E-state index is 13.4. The number of nitrogens with two attached hydrogens (primary N) is 1. The van der Waals surface area contributed by atoms with Crippen LogP contribution in [-0.4, -0.2) is 27.0 Å². The van der Waals surface area contributed by atoms with E-state index in [1.807, 2.05) is 0 Å². The standard InChI is InChI=1S/C21H24FN3O3/c1-14-13-16(21(23)28)5-4-12-24-20(15-8-10-17(22)11-9-15)18(25-14)6-2-3-7-19(26)27/h4-5,8,10-13,15H,2-3,6-7,9H2,1H3,(H2,23,28)(H,26,27). The van der Waals surface area contributed by atoms with Gasteiger partial charge in [0, 0.05) is 29.8 Å². The molecule has 6 nitrogen and oxygen atoms in total. The van der Waals surface area contributed by atoms with Crippen LogP contribution in [0, 0.1) is 6.92 Å². The summed E-state index contributed by atoms with van der Waals surface area (Å²) >= 11 is 0. The zero-order valence-electron chi connectivity index (χ0n) is 15.8. The van der Waals surface area contributed by atoms with Gasteiger partial charge < -0.3 is 10.8 Å². The van der Waals surface area contributed by atoms with E-state index in [1.54, 1.807) is 37.4 Å². The second-order valence-electron chi connectivity index (χ2n) is 6.58. The summed E-state index contributed by atoms with van der Waals surface area (Å²) in [5.41, 5.74) is 7.68. The molecular formula is C21H24FN3O3. The van der Waals surface area contributed by atoms with Gasteiger partial charge in [-0.1, -0.05) is 6.08 Å². The van der Waals surface area contributed by atoms with Crippen molar-refractivity contribution < 1.29 is 19.1 Å². The van der Waals surface area contributed by atoms with Gasteiger partial charge in [-0.15, -0.1) is 0 Å². The summed E-state index contributed by atoms with van der Waals surface area (Å²) in [5, 5.41) is 8.83. The number of carboxylic acid groups (broad SMARTS) is 1. The number of halogens is 1. The predicted octanol–water partition coefficient (Wildman–Crippen LogP) is 3.70. The zero-order valence-corrected chi connectivity index (χ0v) is 15.8. The van der Waals surface area contributed by atoms with E-state index in [4.69, 9.17) is 10.8 Å². The second kappa shape index (κ2) is 10.3. The third kappa shape index (κ3) is 6.57. The lowest BCUT2D eigenvalue weighted by Crippen LogP contribution is -2.11. The first kappa shape index (κ1) is 21.2. The predicted molar refractivity (Wildman–Crippen MR) is 104 cm³/mol. The fourth-order valence-corrected chi connectivity index (χ4v) is 2.93. The van der Waals surface area contributed by atoms with E-state index in [2.05, 4.69) is 9.97 Å². The topological polar surface area (TPSA) is 106 Å². The number of carbonyl (C=O) groups excluding carboxylic acids is 1. The summed E-state index contributed by atoms with van der Waals surface area (Å²) in [6.07, 6.45) is 8.45. The molecule has 0 saturated carbocycles. The normalized spacial score (nSPS) is 15.5. The SMILES string of the molecule is Cc1cc(C(N)=O)cccnc(C2C=CC(F)=CC2)c(CCCCC(=O)O)n1. The molecule has 1 amide bonds. The van der Waals surface area contributed by atoms with E-state index in [9.17, 15) is 14.0 Å². The fourth-order valence-electron chi connectivity index (χ4n) is 2.93. The van der Waals surface area contributed by atoms with Gasteiger partial charge in [0.15, 0.2) is 0 Å². The van der Waals surface area contributed by atoms with Crippen LogP contribution in [0.1, 0.15) is 59.0 Å². The molecule has 0 aliphatic heterocycles. The smallest absolute Gasteiger partial charge is 0.303 e. The highest BCUT2D eigenvalue weighted by molar-refractivity contribution is 5.92. The number of hydrogen-bond donors (Lipinski definition) is 2. The van der Waals surface area contributed by atoms with Gasteiger partial charge in [-0.3, -0.25) is 19.6 Å². The molecule has 0 saturated heterocycles. The van der Waals surface area contributed by atoms with E-state index < -0.39 is 11.9 Å². The molecule has 28 heavy (non-hydrogen) atoms. The van der Waals surface area contributed by atoms with Crippen molar-refractivity contribution in [2.45, 2.75) is 44.9 Å². The number of rotatable bonds is 7. The lowest BCUT2D eigenvalue weighted by atomic mass is 9.94. The van der Waals surface area contributed by atoms with Crippen LogP contribution in [0.25, 0.3) is 0 Å². The van der Waals surface area contributed by atoms with Crippen molar-refractivity contribution in [1.29, 1.82) is 0 Å². The number of primary amides is 1. The molecular weight excluding hydrogens is 361 g/mol. The van der Waals surface area contributed by atoms with E-state index in [0.29, 0.717) is 48.3 Å². The Balaban J connectivity index is 2.48. The minimum absolute atomic E-state index is 0.0837. The van der Waals surface area contributed by atoms with Gasteiger partial charge in [0.1, 0.15) is 5.83 Å². The van der Waals surface area contributed by atoms with Gasteiger partial charge in [0.05, 0.1) is 11.4 Å². The average Bonchev–Trinajstić information content (AvgIpc) is 2.64. The molecule has 0 radical (unpaired) electrons. The number of amides is 1. The van der Waals surface area contributed by atoms with E-state index >= 15 is 0 Å². The van der Waals surface area contributed by atoms with Crippen molar-refractivity contribution in [3.05, 3.63) is 71.1 Å². The van der Waals surface area contributed by atoms with Gasteiger partial charge in [-0.25, -0.2) is 4.39 Å². The molecule has 0 fully saturated rings. The Labute approximate surface area is 163 Å². The molecule has 1 aliphatic rings. The Morgan fingerprint density at radius 3 is 2.79 bits per heavy atom. The summed E-state index contributed by atoms with van der Waals surface area (Å²) in [6.45, 7) is 1.76. The summed E-state index contributed by atoms with van der Waals surface area (Å²) in [7, 11) is 0. The number of aromatic nitrogens is 2. The van der Waals surface area contributed by atoms with Crippen LogP contribution in [0.3, 0.4) is 0 Å². The number of nitrogens with zero attached hydrogens (tertiary/aromatic N) is 2. The lowest BCUT2D eigenvalue weighted by molar-refractivity contribution is -0.137. The van der Waals surface area contributed by atoms with Crippen molar-refractivity contribution in [1.82, 2.24) is 9.97 Å². The first-order chi connectivity index (χ1) is 13.4. The maximum atomic E-state index is 13.4. The van der Waals surface area contributed by atoms with Crippen LogP contribution in [0.4, 0.5) is 4.39 Å². The Hall–Kier alpha value is -3.09. The maximum Gasteiger partial charge on any atom is 0.303 e. The molecule has 0 bridgehead atoms. The van der Waals surface area contributed by atoms with Crippen LogP contribution in [0.2, 0.25) is 0 Å². The Morgan fingerprint density at radius 2 is 2.14 bits per heavy atom. The third-order valence-electron chi connectivity index (χ3n) is 4.29. The molecule has 1 atom stereocenters. The van der Waals surface area contributed by atoms with Crippen molar-refractivity contribution in [2.75, 3.05) is 0 Å². The Bertz CT molecular complexity index is 864. The molecule has 148 valence electrons. The lowest BCUT2D eigenvalue weighted by Gasteiger charge is -2.15. The fraction of sp³-hybridized carbons (Fsp3) is 0.333. The van der Waals surface area contributed by atoms with Crippen molar-refractivity contribution in [3.8, 4) is 0 Å². The number of carboxylic acids is 1. The molecule has 3 N–H and O–H groups in total. The minimum Gasteiger partial charge on any atom is -0.481 e. The number of carbonyl (C=O) groups is 2.